The summed E-state index contributed by atoms with van der Waals surface area (Å²) >= 11 is 0. The number of hydrogen-bond acceptors (Lipinski definition) is 11. The lowest BCUT2D eigenvalue weighted by molar-refractivity contribution is -0.132. The number of methoxy groups -OCH3 is 1. The van der Waals surface area contributed by atoms with E-state index in [1.165, 1.54) is 14.0 Å². The number of aromatic hydroxyl groups is 1. The third-order valence-corrected chi connectivity index (χ3v) is 11.2. The predicted molar refractivity (Wildman–Crippen MR) is 193 cm³/mol. The van der Waals surface area contributed by atoms with Crippen LogP contribution >= 0.6 is 0 Å². The molecule has 0 aromatic heterocycles. The number of esters is 1. The Morgan fingerprint density at radius 2 is 1.81 bits per heavy atom. The number of carbonyl (C=O) groups is 3. The quantitative estimate of drug-likeness (QED) is 0.218. The molecule has 7 rings (SSSR count). The van der Waals surface area contributed by atoms with E-state index in [0.29, 0.717) is 59.0 Å². The first-order valence-electron chi connectivity index (χ1n) is 18.0. The second kappa shape index (κ2) is 14.2. The SMILES string of the molecule is COc1c(C)cc2c(c1O)[C@H]1C3Cc4c(OC(C)=O)c(C)c5c(c4[C@H](CNC(=O)C(C)NC(=O)CCc4ccccc4)N3[C@@H](C#N)C(C2)N1C)OCO5. The lowest BCUT2D eigenvalue weighted by Crippen LogP contribution is -2.69. The molecule has 0 aliphatic carbocycles. The topological polar surface area (TPSA) is 163 Å². The number of phenolic OH excluding ortho intramolecular Hbond substituents is 1. The van der Waals surface area contributed by atoms with Gasteiger partial charge in [0.1, 0.15) is 17.8 Å². The summed E-state index contributed by atoms with van der Waals surface area (Å²) in [5, 5.41) is 28.5. The molecule has 1 saturated heterocycles. The number of hydrogen-bond donors (Lipinski definition) is 3. The van der Waals surface area contributed by atoms with Crippen LogP contribution in [0.1, 0.15) is 71.3 Å². The molecule has 3 unspecified atom stereocenters. The molecule has 0 saturated carbocycles. The van der Waals surface area contributed by atoms with Gasteiger partial charge < -0.3 is 34.7 Å². The third kappa shape index (κ3) is 6.19. The molecule has 4 aliphatic heterocycles. The maximum atomic E-state index is 13.7. The van der Waals surface area contributed by atoms with E-state index in [0.717, 1.165) is 22.3 Å². The summed E-state index contributed by atoms with van der Waals surface area (Å²) in [5.41, 5.74) is 5.49. The van der Waals surface area contributed by atoms with Crippen LogP contribution in [0.15, 0.2) is 36.4 Å². The number of nitriles is 1. The third-order valence-electron chi connectivity index (χ3n) is 11.2. The van der Waals surface area contributed by atoms with Gasteiger partial charge >= 0.3 is 5.97 Å². The lowest BCUT2D eigenvalue weighted by atomic mass is 9.71. The van der Waals surface area contributed by atoms with Crippen molar-refractivity contribution < 1.29 is 38.4 Å². The first kappa shape index (κ1) is 36.1. The van der Waals surface area contributed by atoms with Gasteiger partial charge in [0.15, 0.2) is 23.0 Å². The Balaban J connectivity index is 1.28. The number of amides is 2. The van der Waals surface area contributed by atoms with Gasteiger partial charge in [-0.05, 0) is 63.8 Å². The number of piperazine rings is 1. The highest BCUT2D eigenvalue weighted by Crippen LogP contribution is 2.58. The summed E-state index contributed by atoms with van der Waals surface area (Å²) in [4.78, 5) is 43.4. The fraction of sp³-hybridized carbons (Fsp3) is 0.450. The highest BCUT2D eigenvalue weighted by Gasteiger charge is 2.57. The number of benzene rings is 3. The molecular formula is C40H45N5O8. The van der Waals surface area contributed by atoms with E-state index in [-0.39, 0.29) is 37.5 Å². The van der Waals surface area contributed by atoms with Crippen LogP contribution in [0.25, 0.3) is 0 Å². The van der Waals surface area contributed by atoms with Crippen LogP contribution in [-0.2, 0) is 33.6 Å². The van der Waals surface area contributed by atoms with Crippen LogP contribution in [0, 0.1) is 25.2 Å². The molecule has 3 N–H and O–H groups in total. The molecule has 2 bridgehead atoms. The minimum absolute atomic E-state index is 0.0440. The number of nitrogens with one attached hydrogen (secondary N) is 2. The normalized spacial score (nSPS) is 23.1. The molecule has 3 aromatic rings. The highest BCUT2D eigenvalue weighted by molar-refractivity contribution is 5.87. The zero-order valence-electron chi connectivity index (χ0n) is 30.8. The number of nitrogens with zero attached hydrogens (tertiary/aromatic N) is 3. The molecule has 1 fully saturated rings. The van der Waals surface area contributed by atoms with Crippen LogP contribution in [0.3, 0.4) is 0 Å². The average Bonchev–Trinajstić information content (AvgIpc) is 3.62. The molecule has 4 heterocycles. The zero-order chi connectivity index (χ0) is 37.7. The van der Waals surface area contributed by atoms with Crippen LogP contribution < -0.4 is 29.6 Å². The molecular weight excluding hydrogens is 678 g/mol. The Morgan fingerprint density at radius 1 is 1.08 bits per heavy atom. The largest absolute Gasteiger partial charge is 0.504 e. The Morgan fingerprint density at radius 3 is 2.51 bits per heavy atom. The molecule has 0 radical (unpaired) electrons. The zero-order valence-corrected chi connectivity index (χ0v) is 30.8. The maximum absolute atomic E-state index is 13.7. The van der Waals surface area contributed by atoms with E-state index in [2.05, 4.69) is 26.5 Å². The summed E-state index contributed by atoms with van der Waals surface area (Å²) in [7, 11) is 3.50. The summed E-state index contributed by atoms with van der Waals surface area (Å²) in [6, 6.07) is 11.1. The second-order valence-electron chi connectivity index (χ2n) is 14.4. The molecule has 278 valence electrons. The van der Waals surface area contributed by atoms with Gasteiger partial charge in [0.2, 0.25) is 18.6 Å². The van der Waals surface area contributed by atoms with E-state index in [1.807, 2.05) is 57.3 Å². The van der Waals surface area contributed by atoms with E-state index in [4.69, 9.17) is 18.9 Å². The lowest BCUT2D eigenvalue weighted by Gasteiger charge is -2.60. The van der Waals surface area contributed by atoms with Crippen molar-refractivity contribution >= 4 is 17.8 Å². The van der Waals surface area contributed by atoms with Gasteiger partial charge in [-0.25, -0.2) is 0 Å². The number of carbonyl (C=O) groups excluding carboxylic acids is 3. The standard InChI is InChI=1S/C40H45N5O8/c1-20-14-25-15-27-29(17-41)45-28(34(44(27)5)32(25)35(48)36(20)50-6)16-26-33(39-38(51-19-52-39)21(2)37(26)53-23(4)46)30(45)18-42-40(49)22(3)43-31(47)13-12-24-10-8-7-9-11-24/h7-11,14,22,27-30,34,48H,12-13,15-16,18-19H2,1-6H3,(H,42,49)(H,43,47)/t22?,27?,28?,29-,30-,34+/m0/s1. The molecule has 2 amide bonds. The number of likely N-dealkylation sites (N-methyl/N-ethyl adjacent to an activating group) is 1. The van der Waals surface area contributed by atoms with Crippen molar-refractivity contribution in [3.8, 4) is 34.8 Å². The maximum Gasteiger partial charge on any atom is 0.308 e. The van der Waals surface area contributed by atoms with E-state index in [1.54, 1.807) is 6.92 Å². The fourth-order valence-corrected chi connectivity index (χ4v) is 8.94. The van der Waals surface area contributed by atoms with Crippen LogP contribution in [0.4, 0.5) is 0 Å². The highest BCUT2D eigenvalue weighted by atomic mass is 16.7. The van der Waals surface area contributed by atoms with E-state index in [9.17, 15) is 24.8 Å². The predicted octanol–water partition coefficient (Wildman–Crippen LogP) is 3.70. The van der Waals surface area contributed by atoms with Crippen LogP contribution in [-0.4, -0.2) is 84.4 Å². The summed E-state index contributed by atoms with van der Waals surface area (Å²) in [6.45, 7) is 6.68. The van der Waals surface area contributed by atoms with Crippen LogP contribution in [0.2, 0.25) is 0 Å². The molecule has 13 heteroatoms. The smallest absolute Gasteiger partial charge is 0.308 e. The van der Waals surface area contributed by atoms with Gasteiger partial charge in [0.25, 0.3) is 0 Å². The van der Waals surface area contributed by atoms with Gasteiger partial charge in [-0.1, -0.05) is 36.4 Å². The molecule has 0 spiro atoms. The van der Waals surface area contributed by atoms with Crippen molar-refractivity contribution in [2.45, 2.75) is 89.6 Å². The number of fused-ring (bicyclic) bond motifs is 9. The first-order valence-corrected chi connectivity index (χ1v) is 18.0. The van der Waals surface area contributed by atoms with Gasteiger partial charge in [-0.2, -0.15) is 5.26 Å². The Hall–Kier alpha value is -5.32. The van der Waals surface area contributed by atoms with Crippen molar-refractivity contribution in [1.29, 1.82) is 5.26 Å². The summed E-state index contributed by atoms with van der Waals surface area (Å²) < 4.78 is 23.6. The van der Waals surface area contributed by atoms with Crippen molar-refractivity contribution in [3.05, 3.63) is 75.3 Å². The van der Waals surface area contributed by atoms with Crippen molar-refractivity contribution in [1.82, 2.24) is 20.4 Å². The number of ether oxygens (including phenoxy) is 4. The summed E-state index contributed by atoms with van der Waals surface area (Å²) in [6.07, 6.45) is 1.62. The Kier molecular flexibility index (Phi) is 9.69. The van der Waals surface area contributed by atoms with Crippen LogP contribution in [0.5, 0.6) is 28.7 Å². The molecule has 3 aromatic carbocycles. The van der Waals surface area contributed by atoms with Gasteiger partial charge in [-0.15, -0.1) is 0 Å². The van der Waals surface area contributed by atoms with E-state index >= 15 is 0 Å². The second-order valence-corrected chi connectivity index (χ2v) is 14.4. The number of rotatable bonds is 9. The van der Waals surface area contributed by atoms with Gasteiger partial charge in [0, 0.05) is 54.2 Å². The average molecular weight is 724 g/mol. The van der Waals surface area contributed by atoms with Gasteiger partial charge in [0.05, 0.1) is 25.3 Å². The molecule has 6 atom stereocenters. The Labute approximate surface area is 308 Å². The molecule has 13 nitrogen and oxygen atoms in total. The minimum Gasteiger partial charge on any atom is -0.504 e. The van der Waals surface area contributed by atoms with Crippen molar-refractivity contribution in [2.75, 3.05) is 27.5 Å². The monoisotopic (exact) mass is 723 g/mol. The molecule has 53 heavy (non-hydrogen) atoms. The Bertz CT molecular complexity index is 2010. The van der Waals surface area contributed by atoms with E-state index < -0.39 is 42.1 Å². The van der Waals surface area contributed by atoms with Gasteiger partial charge in [-0.3, -0.25) is 24.2 Å². The minimum atomic E-state index is -0.838. The number of phenols is 1. The fourth-order valence-electron chi connectivity index (χ4n) is 8.94. The van der Waals surface area contributed by atoms with Crippen molar-refractivity contribution in [2.24, 2.45) is 0 Å². The summed E-state index contributed by atoms with van der Waals surface area (Å²) in [5.74, 6) is 0.585. The van der Waals surface area contributed by atoms with Crippen molar-refractivity contribution in [3.63, 3.8) is 0 Å². The molecule has 4 aliphatic rings. The first-order chi connectivity index (χ1) is 25.4. The number of aryl methyl sites for hydroxylation is 2.